The van der Waals surface area contributed by atoms with Crippen LogP contribution in [0.4, 0.5) is 0 Å². The van der Waals surface area contributed by atoms with E-state index in [1.54, 1.807) is 0 Å². The molecule has 0 amide bonds. The molecular formula is C6H12O3. The second-order valence-corrected chi connectivity index (χ2v) is 1.25. The molecule has 3 heteroatoms. The van der Waals surface area contributed by atoms with E-state index in [1.807, 2.05) is 6.92 Å². The molecular weight excluding hydrogens is 120 g/mol. The second-order valence-electron chi connectivity index (χ2n) is 1.25. The number of aliphatic hydroxyl groups excluding tert-OH is 1. The number of rotatable bonds is 3. The fourth-order valence-corrected chi connectivity index (χ4v) is 0.0527. The number of aldehydes is 2. The highest BCUT2D eigenvalue weighted by Crippen LogP contribution is 1.58. The molecule has 0 aromatic heterocycles. The first-order chi connectivity index (χ1) is 4.33. The van der Waals surface area contributed by atoms with E-state index < -0.39 is 0 Å². The van der Waals surface area contributed by atoms with Gasteiger partial charge in [0.15, 0.2) is 0 Å². The number of hydrogen-bond acceptors (Lipinski definition) is 3. The van der Waals surface area contributed by atoms with E-state index in [2.05, 4.69) is 0 Å². The summed E-state index contributed by atoms with van der Waals surface area (Å²) in [6.45, 7) is 1.79. The van der Waals surface area contributed by atoms with Crippen LogP contribution in [0.15, 0.2) is 0 Å². The Kier molecular flexibility index (Phi) is 19.4. The highest BCUT2D eigenvalue weighted by Gasteiger charge is 1.67. The maximum Gasteiger partial charge on any atom is 0.122 e. The zero-order chi connectivity index (χ0) is 7.54. The Morgan fingerprint density at radius 2 is 1.78 bits per heavy atom. The molecule has 0 aliphatic heterocycles. The summed E-state index contributed by atoms with van der Waals surface area (Å²) >= 11 is 0. The molecule has 54 valence electrons. The van der Waals surface area contributed by atoms with Gasteiger partial charge in [-0.1, -0.05) is 6.92 Å². The van der Waals surface area contributed by atoms with E-state index >= 15 is 0 Å². The van der Waals surface area contributed by atoms with Crippen molar-refractivity contribution in [2.45, 2.75) is 19.8 Å². The molecule has 0 saturated carbocycles. The van der Waals surface area contributed by atoms with Crippen LogP contribution in [0.25, 0.3) is 0 Å². The molecule has 1 N–H and O–H groups in total. The highest BCUT2D eigenvalue weighted by molar-refractivity contribution is 5.49. The van der Waals surface area contributed by atoms with Crippen molar-refractivity contribution in [3.8, 4) is 0 Å². The van der Waals surface area contributed by atoms with E-state index in [1.165, 1.54) is 0 Å². The summed E-state index contributed by atoms with van der Waals surface area (Å²) in [7, 11) is 0. The SMILES string of the molecule is CCC=O.O=CCCO. The lowest BCUT2D eigenvalue weighted by Gasteiger charge is -1.69. The minimum absolute atomic E-state index is 0.0243. The Balaban J connectivity index is 0. The first-order valence-electron chi connectivity index (χ1n) is 2.81. The predicted octanol–water partition coefficient (Wildman–Crippen LogP) is 0.163. The van der Waals surface area contributed by atoms with Gasteiger partial charge in [0, 0.05) is 19.4 Å². The smallest absolute Gasteiger partial charge is 0.122 e. The predicted molar refractivity (Wildman–Crippen MR) is 34.1 cm³/mol. The third-order valence-corrected chi connectivity index (χ3v) is 0.414. The quantitative estimate of drug-likeness (QED) is 0.556. The van der Waals surface area contributed by atoms with Crippen LogP contribution in [0, 0.1) is 0 Å². The van der Waals surface area contributed by atoms with Gasteiger partial charge in [-0.15, -0.1) is 0 Å². The molecule has 0 bridgehead atoms. The Labute approximate surface area is 54.7 Å². The van der Waals surface area contributed by atoms with Crippen LogP contribution in [0.5, 0.6) is 0 Å². The number of hydrogen-bond donors (Lipinski definition) is 1. The van der Waals surface area contributed by atoms with Crippen molar-refractivity contribution in [1.82, 2.24) is 0 Å². The van der Waals surface area contributed by atoms with Crippen molar-refractivity contribution in [3.05, 3.63) is 0 Å². The van der Waals surface area contributed by atoms with Gasteiger partial charge in [-0.25, -0.2) is 0 Å². The third-order valence-electron chi connectivity index (χ3n) is 0.414. The Morgan fingerprint density at radius 3 is 1.78 bits per heavy atom. The van der Waals surface area contributed by atoms with Gasteiger partial charge in [0.2, 0.25) is 0 Å². The molecule has 3 nitrogen and oxygen atoms in total. The maximum absolute atomic E-state index is 9.24. The first-order valence-corrected chi connectivity index (χ1v) is 2.81. The molecule has 0 fully saturated rings. The Bertz CT molecular complexity index is 61.3. The van der Waals surface area contributed by atoms with E-state index in [0.717, 1.165) is 6.29 Å². The summed E-state index contributed by atoms with van der Waals surface area (Å²) in [5.74, 6) is 0. The molecule has 0 radical (unpaired) electrons. The minimum atomic E-state index is -0.0243. The molecule has 0 spiro atoms. The summed E-state index contributed by atoms with van der Waals surface area (Å²) in [6, 6.07) is 0. The van der Waals surface area contributed by atoms with Crippen molar-refractivity contribution in [2.24, 2.45) is 0 Å². The van der Waals surface area contributed by atoms with Crippen molar-refractivity contribution in [1.29, 1.82) is 0 Å². The summed E-state index contributed by atoms with van der Waals surface area (Å²) < 4.78 is 0. The average Bonchev–Trinajstić information content (AvgIpc) is 1.91. The van der Waals surface area contributed by atoms with Gasteiger partial charge in [0.05, 0.1) is 0 Å². The molecule has 0 heterocycles. The normalized spacial score (nSPS) is 6.89. The maximum atomic E-state index is 9.24. The highest BCUT2D eigenvalue weighted by atomic mass is 16.3. The number of carbonyl (C=O) groups excluding carboxylic acids is 2. The van der Waals surface area contributed by atoms with Crippen molar-refractivity contribution in [2.75, 3.05) is 6.61 Å². The second kappa shape index (κ2) is 15.7. The van der Waals surface area contributed by atoms with Gasteiger partial charge in [0.1, 0.15) is 12.6 Å². The monoisotopic (exact) mass is 132 g/mol. The van der Waals surface area contributed by atoms with E-state index in [9.17, 15) is 9.59 Å². The molecule has 0 aliphatic carbocycles. The van der Waals surface area contributed by atoms with Gasteiger partial charge in [0.25, 0.3) is 0 Å². The lowest BCUT2D eigenvalue weighted by Crippen LogP contribution is -1.78. The van der Waals surface area contributed by atoms with E-state index in [-0.39, 0.29) is 13.0 Å². The van der Waals surface area contributed by atoms with Crippen molar-refractivity contribution < 1.29 is 14.7 Å². The van der Waals surface area contributed by atoms with Gasteiger partial charge < -0.3 is 14.7 Å². The third kappa shape index (κ3) is 38.8. The summed E-state index contributed by atoms with van der Waals surface area (Å²) in [4.78, 5) is 18.4. The largest absolute Gasteiger partial charge is 0.396 e. The molecule has 9 heavy (non-hydrogen) atoms. The van der Waals surface area contributed by atoms with Crippen LogP contribution in [-0.2, 0) is 9.59 Å². The molecule has 0 atom stereocenters. The lowest BCUT2D eigenvalue weighted by molar-refractivity contribution is -0.108. The average molecular weight is 132 g/mol. The minimum Gasteiger partial charge on any atom is -0.396 e. The number of carbonyl (C=O) groups is 2. The molecule has 0 rings (SSSR count). The van der Waals surface area contributed by atoms with E-state index in [4.69, 9.17) is 5.11 Å². The zero-order valence-corrected chi connectivity index (χ0v) is 5.54. The van der Waals surface area contributed by atoms with Gasteiger partial charge in [-0.3, -0.25) is 0 Å². The Hall–Kier alpha value is -0.700. The Morgan fingerprint density at radius 1 is 1.33 bits per heavy atom. The summed E-state index contributed by atoms with van der Waals surface area (Å²) in [5, 5.41) is 7.84. The van der Waals surface area contributed by atoms with Crippen LogP contribution in [-0.4, -0.2) is 24.3 Å². The molecule has 0 unspecified atom stereocenters. The zero-order valence-electron chi connectivity index (χ0n) is 5.54. The van der Waals surface area contributed by atoms with Crippen LogP contribution in [0.1, 0.15) is 19.8 Å². The molecule has 0 saturated heterocycles. The topological polar surface area (TPSA) is 54.4 Å². The fraction of sp³-hybridized carbons (Fsp3) is 0.667. The van der Waals surface area contributed by atoms with Gasteiger partial charge in [-0.2, -0.15) is 0 Å². The van der Waals surface area contributed by atoms with Gasteiger partial charge in [-0.05, 0) is 0 Å². The number of aliphatic hydroxyl groups is 1. The van der Waals surface area contributed by atoms with Gasteiger partial charge >= 0.3 is 0 Å². The fourth-order valence-electron chi connectivity index (χ4n) is 0.0527. The molecule has 0 aliphatic rings. The van der Waals surface area contributed by atoms with Crippen LogP contribution >= 0.6 is 0 Å². The van der Waals surface area contributed by atoms with Crippen molar-refractivity contribution >= 4 is 12.6 Å². The van der Waals surface area contributed by atoms with Crippen LogP contribution in [0.2, 0.25) is 0 Å². The van der Waals surface area contributed by atoms with Crippen molar-refractivity contribution in [3.63, 3.8) is 0 Å². The summed E-state index contributed by atoms with van der Waals surface area (Å²) in [6.07, 6.45) is 2.46. The molecule has 0 aromatic carbocycles. The lowest BCUT2D eigenvalue weighted by atomic mass is 10.5. The molecule has 0 aromatic rings. The van der Waals surface area contributed by atoms with E-state index in [0.29, 0.717) is 12.7 Å². The summed E-state index contributed by atoms with van der Waals surface area (Å²) in [5.41, 5.74) is 0. The first kappa shape index (κ1) is 11.1. The standard InChI is InChI=1S/C3H6O2.C3H6O/c4-2-1-3-5;1-2-3-4/h2,5H,1,3H2;3H,2H2,1H3. The van der Waals surface area contributed by atoms with Crippen LogP contribution < -0.4 is 0 Å². The van der Waals surface area contributed by atoms with Crippen LogP contribution in [0.3, 0.4) is 0 Å².